The molecule has 0 fully saturated rings. The average molecular weight is 300 g/mol. The highest BCUT2D eigenvalue weighted by molar-refractivity contribution is 7.89. The molecule has 0 aromatic heterocycles. The first-order valence-corrected chi connectivity index (χ1v) is 7.47. The Morgan fingerprint density at radius 1 is 1.50 bits per heavy atom. The third-order valence-electron chi connectivity index (χ3n) is 2.69. The number of nitrogens with zero attached hydrogens (tertiary/aromatic N) is 1. The van der Waals surface area contributed by atoms with Crippen LogP contribution in [0.4, 0.5) is 4.39 Å². The molecule has 0 saturated heterocycles. The maximum Gasteiger partial charge on any atom is 0.255 e. The molecule has 0 saturated carbocycles. The van der Waals surface area contributed by atoms with Crippen LogP contribution in [-0.2, 0) is 10.0 Å². The highest BCUT2D eigenvalue weighted by atomic mass is 32.2. The number of benzene rings is 1. The number of hydrogen-bond acceptors (Lipinski definition) is 3. The number of halogens is 1. The third kappa shape index (κ3) is 3.64. The molecule has 1 rings (SSSR count). The van der Waals surface area contributed by atoms with Crippen LogP contribution in [0.25, 0.3) is 0 Å². The van der Waals surface area contributed by atoms with Crippen LogP contribution < -0.4 is 5.14 Å². The van der Waals surface area contributed by atoms with Gasteiger partial charge >= 0.3 is 0 Å². The molecule has 1 amide bonds. The van der Waals surface area contributed by atoms with E-state index < -0.39 is 26.6 Å². The van der Waals surface area contributed by atoms with E-state index >= 15 is 0 Å². The van der Waals surface area contributed by atoms with E-state index in [4.69, 9.17) is 5.14 Å². The minimum absolute atomic E-state index is 0.197. The molecule has 0 aliphatic heterocycles. The first-order valence-electron chi connectivity index (χ1n) is 5.92. The predicted octanol–water partition coefficient (Wildman–Crippen LogP) is 1.51. The first-order chi connectivity index (χ1) is 9.18. The van der Waals surface area contributed by atoms with Crippen LogP contribution in [0.3, 0.4) is 0 Å². The molecular formula is C13H17FN2O3S. The first kappa shape index (κ1) is 16.3. The summed E-state index contributed by atoms with van der Waals surface area (Å²) in [7, 11) is -4.11. The summed E-state index contributed by atoms with van der Waals surface area (Å²) in [5, 5.41) is 5.05. The Balaban J connectivity index is 3.40. The smallest absolute Gasteiger partial charge is 0.255 e. The molecule has 110 valence electrons. The largest absolute Gasteiger partial charge is 0.332 e. The molecule has 1 aromatic carbocycles. The SMILES string of the molecule is C=CCN(C(=O)c1cc(F)ccc1S(N)(=O)=O)C(C)C. The molecule has 20 heavy (non-hydrogen) atoms. The highest BCUT2D eigenvalue weighted by Crippen LogP contribution is 2.19. The lowest BCUT2D eigenvalue weighted by Crippen LogP contribution is -2.38. The van der Waals surface area contributed by atoms with Gasteiger partial charge in [0.05, 0.1) is 10.5 Å². The zero-order valence-corrected chi connectivity index (χ0v) is 12.2. The van der Waals surface area contributed by atoms with E-state index in [1.807, 2.05) is 0 Å². The number of carbonyl (C=O) groups excluding carboxylic acids is 1. The number of rotatable bonds is 5. The maximum absolute atomic E-state index is 13.3. The van der Waals surface area contributed by atoms with Crippen molar-refractivity contribution in [3.8, 4) is 0 Å². The fourth-order valence-electron chi connectivity index (χ4n) is 1.74. The van der Waals surface area contributed by atoms with E-state index in [0.29, 0.717) is 0 Å². The lowest BCUT2D eigenvalue weighted by molar-refractivity contribution is 0.0724. The van der Waals surface area contributed by atoms with Gasteiger partial charge in [-0.25, -0.2) is 17.9 Å². The number of nitrogens with two attached hydrogens (primary N) is 1. The molecule has 0 aliphatic rings. The van der Waals surface area contributed by atoms with Gasteiger partial charge < -0.3 is 4.90 Å². The summed E-state index contributed by atoms with van der Waals surface area (Å²) in [5.74, 6) is -1.31. The van der Waals surface area contributed by atoms with Crippen LogP contribution in [0.2, 0.25) is 0 Å². The monoisotopic (exact) mass is 300 g/mol. The zero-order chi connectivity index (χ0) is 15.5. The Kier molecular flexibility index (Phi) is 5.02. The van der Waals surface area contributed by atoms with Crippen molar-refractivity contribution in [3.63, 3.8) is 0 Å². The number of hydrogen-bond donors (Lipinski definition) is 1. The molecule has 0 heterocycles. The third-order valence-corrected chi connectivity index (χ3v) is 3.66. The van der Waals surface area contributed by atoms with Crippen molar-refractivity contribution in [2.75, 3.05) is 6.54 Å². The van der Waals surface area contributed by atoms with E-state index in [-0.39, 0.29) is 18.2 Å². The number of amides is 1. The van der Waals surface area contributed by atoms with E-state index in [2.05, 4.69) is 6.58 Å². The molecule has 7 heteroatoms. The van der Waals surface area contributed by atoms with Crippen molar-refractivity contribution in [2.45, 2.75) is 24.8 Å². The number of sulfonamides is 1. The lowest BCUT2D eigenvalue weighted by Gasteiger charge is -2.26. The van der Waals surface area contributed by atoms with Gasteiger partial charge in [-0.2, -0.15) is 0 Å². The summed E-state index contributed by atoms with van der Waals surface area (Å²) in [4.78, 5) is 13.4. The second-order valence-electron chi connectivity index (χ2n) is 4.53. The molecule has 2 N–H and O–H groups in total. The molecule has 0 aliphatic carbocycles. The van der Waals surface area contributed by atoms with E-state index in [0.717, 1.165) is 18.2 Å². The van der Waals surface area contributed by atoms with Crippen LogP contribution in [0, 0.1) is 5.82 Å². The Bertz CT molecular complexity index is 627. The van der Waals surface area contributed by atoms with Crippen LogP contribution >= 0.6 is 0 Å². The van der Waals surface area contributed by atoms with Gasteiger partial charge in [0.1, 0.15) is 5.82 Å². The van der Waals surface area contributed by atoms with E-state index in [1.54, 1.807) is 13.8 Å². The Labute approximate surface area is 117 Å². The molecular weight excluding hydrogens is 283 g/mol. The van der Waals surface area contributed by atoms with Gasteiger partial charge in [-0.15, -0.1) is 6.58 Å². The van der Waals surface area contributed by atoms with Gasteiger partial charge in [0.2, 0.25) is 10.0 Å². The van der Waals surface area contributed by atoms with Gasteiger partial charge in [0, 0.05) is 12.6 Å². The van der Waals surface area contributed by atoms with Gasteiger partial charge in [-0.1, -0.05) is 6.08 Å². The van der Waals surface area contributed by atoms with Crippen LogP contribution in [0.1, 0.15) is 24.2 Å². The summed E-state index contributed by atoms with van der Waals surface area (Å²) >= 11 is 0. The minimum Gasteiger partial charge on any atom is -0.332 e. The van der Waals surface area contributed by atoms with E-state index in [1.165, 1.54) is 11.0 Å². The average Bonchev–Trinajstić information content (AvgIpc) is 2.33. The normalized spacial score (nSPS) is 11.4. The topological polar surface area (TPSA) is 80.5 Å². The number of carbonyl (C=O) groups is 1. The Hall–Kier alpha value is -1.73. The summed E-state index contributed by atoms with van der Waals surface area (Å²) in [5.41, 5.74) is -0.275. The minimum atomic E-state index is -4.11. The summed E-state index contributed by atoms with van der Waals surface area (Å²) < 4.78 is 36.3. The van der Waals surface area contributed by atoms with Gasteiger partial charge in [0.25, 0.3) is 5.91 Å². The van der Waals surface area contributed by atoms with Crippen molar-refractivity contribution >= 4 is 15.9 Å². The Morgan fingerprint density at radius 3 is 2.55 bits per heavy atom. The van der Waals surface area contributed by atoms with Crippen LogP contribution in [0.15, 0.2) is 35.7 Å². The van der Waals surface area contributed by atoms with Crippen LogP contribution in [-0.4, -0.2) is 31.8 Å². The molecule has 0 radical (unpaired) electrons. The van der Waals surface area contributed by atoms with Crippen molar-refractivity contribution in [2.24, 2.45) is 5.14 Å². The fourth-order valence-corrected chi connectivity index (χ4v) is 2.45. The quantitative estimate of drug-likeness (QED) is 0.837. The zero-order valence-electron chi connectivity index (χ0n) is 11.3. The standard InChI is InChI=1S/C13H17FN2O3S/c1-4-7-16(9(2)3)13(17)11-8-10(14)5-6-12(11)20(15,18)19/h4-6,8-9H,1,7H2,2-3H3,(H2,15,18,19). The van der Waals surface area contributed by atoms with Gasteiger partial charge in [-0.3, -0.25) is 4.79 Å². The molecule has 0 unspecified atom stereocenters. The molecule has 5 nitrogen and oxygen atoms in total. The predicted molar refractivity (Wildman–Crippen MR) is 74.1 cm³/mol. The molecule has 0 spiro atoms. The second-order valence-corrected chi connectivity index (χ2v) is 6.06. The van der Waals surface area contributed by atoms with Crippen LogP contribution in [0.5, 0.6) is 0 Å². The second kappa shape index (κ2) is 6.15. The van der Waals surface area contributed by atoms with Crippen molar-refractivity contribution in [1.82, 2.24) is 4.90 Å². The van der Waals surface area contributed by atoms with Gasteiger partial charge in [0.15, 0.2) is 0 Å². The Morgan fingerprint density at radius 2 is 2.10 bits per heavy atom. The van der Waals surface area contributed by atoms with Crippen molar-refractivity contribution in [1.29, 1.82) is 0 Å². The molecule has 0 bridgehead atoms. The van der Waals surface area contributed by atoms with Gasteiger partial charge in [-0.05, 0) is 32.0 Å². The summed E-state index contributed by atoms with van der Waals surface area (Å²) in [6, 6.07) is 2.62. The highest BCUT2D eigenvalue weighted by Gasteiger charge is 2.25. The summed E-state index contributed by atoms with van der Waals surface area (Å²) in [6.07, 6.45) is 1.51. The summed E-state index contributed by atoms with van der Waals surface area (Å²) in [6.45, 7) is 7.28. The van der Waals surface area contributed by atoms with Crippen molar-refractivity contribution in [3.05, 3.63) is 42.2 Å². The van der Waals surface area contributed by atoms with Crippen molar-refractivity contribution < 1.29 is 17.6 Å². The fraction of sp³-hybridized carbons (Fsp3) is 0.308. The maximum atomic E-state index is 13.3. The molecule has 1 aromatic rings. The lowest BCUT2D eigenvalue weighted by atomic mass is 10.1. The number of primary sulfonamides is 1. The molecule has 0 atom stereocenters. The van der Waals surface area contributed by atoms with E-state index in [9.17, 15) is 17.6 Å².